The molecule has 0 saturated carbocycles. The van der Waals surface area contributed by atoms with Gasteiger partial charge in [0.25, 0.3) is 17.4 Å². The summed E-state index contributed by atoms with van der Waals surface area (Å²) in [5, 5.41) is 21.3. The van der Waals surface area contributed by atoms with Crippen molar-refractivity contribution in [1.29, 1.82) is 0 Å². The van der Waals surface area contributed by atoms with Gasteiger partial charge in [0.15, 0.2) is 5.01 Å². The predicted molar refractivity (Wildman–Crippen MR) is 127 cm³/mol. The number of nitrogens with one attached hydrogen (secondary N) is 1. The monoisotopic (exact) mass is 621 g/mol. The van der Waals surface area contributed by atoms with Crippen LogP contribution in [-0.2, 0) is 11.8 Å². The number of hydrogen-bond acceptors (Lipinski definition) is 6. The normalized spacial score (nSPS) is 17.2. The van der Waals surface area contributed by atoms with E-state index in [1.165, 1.54) is 18.7 Å². The number of aliphatic hydroxyl groups is 2. The van der Waals surface area contributed by atoms with Gasteiger partial charge in [0.05, 0.1) is 16.0 Å². The molecule has 1 aromatic carbocycles. The van der Waals surface area contributed by atoms with E-state index < -0.39 is 79.9 Å². The smallest absolute Gasteiger partial charge is 0.389 e. The Morgan fingerprint density at radius 3 is 2.10 bits per heavy atom. The number of thiazole rings is 1. The average molecular weight is 622 g/mol. The van der Waals surface area contributed by atoms with E-state index in [0.717, 1.165) is 0 Å². The molecule has 2 heterocycles. The molecule has 228 valence electrons. The summed E-state index contributed by atoms with van der Waals surface area (Å²) < 4.78 is 123. The molecule has 1 aliphatic rings. The maximum absolute atomic E-state index is 14.1. The Labute approximate surface area is 231 Å². The quantitative estimate of drug-likeness (QED) is 0.382. The molecular weight excluding hydrogens is 597 g/mol. The second-order valence-corrected chi connectivity index (χ2v) is 11.1. The molecular formula is C24H24F9N3O4S. The van der Waals surface area contributed by atoms with Gasteiger partial charge in [0.1, 0.15) is 5.69 Å². The van der Waals surface area contributed by atoms with Crippen LogP contribution < -0.4 is 5.32 Å². The Bertz CT molecular complexity index is 1300. The van der Waals surface area contributed by atoms with E-state index in [9.17, 15) is 59.3 Å². The summed E-state index contributed by atoms with van der Waals surface area (Å²) in [6, 6.07) is -0.581. The van der Waals surface area contributed by atoms with Crippen LogP contribution >= 0.6 is 11.3 Å². The molecule has 1 unspecified atom stereocenters. The van der Waals surface area contributed by atoms with Crippen LogP contribution in [0.3, 0.4) is 0 Å². The molecule has 1 aromatic heterocycles. The number of hydrogen-bond donors (Lipinski definition) is 3. The first-order valence-electron chi connectivity index (χ1n) is 11.9. The second-order valence-electron chi connectivity index (χ2n) is 10.1. The third kappa shape index (κ3) is 6.45. The standard InChI is InChI=1S/C24H24F9N3O4S/c1-11-5-4-8-36(11)19(38)15-16(41-18(35-15)17(37)34-10-20(2,3)39)13-7-6-12(9-14(13)22(25,26)27)21(40,23(28,29)30)24(31,32)33/h6-7,9,11,39-40H,4-5,8,10H2,1-3H3,(H,34,37). The fraction of sp³-hybridized carbons (Fsp3) is 0.542. The number of rotatable bonds is 6. The summed E-state index contributed by atoms with van der Waals surface area (Å²) in [5.41, 5.74) is -12.9. The summed E-state index contributed by atoms with van der Waals surface area (Å²) in [6.07, 6.45) is -17.4. The maximum atomic E-state index is 14.1. The fourth-order valence-corrected chi connectivity index (χ4v) is 5.19. The van der Waals surface area contributed by atoms with Crippen LogP contribution in [0.1, 0.15) is 65.0 Å². The molecule has 1 aliphatic heterocycles. The first kappa shape index (κ1) is 32.6. The molecule has 0 aliphatic carbocycles. The predicted octanol–water partition coefficient (Wildman–Crippen LogP) is 5.27. The molecule has 17 heteroatoms. The van der Waals surface area contributed by atoms with Gasteiger partial charge >= 0.3 is 18.5 Å². The van der Waals surface area contributed by atoms with E-state index in [-0.39, 0.29) is 42.6 Å². The third-order valence-electron chi connectivity index (χ3n) is 6.33. The van der Waals surface area contributed by atoms with Gasteiger partial charge in [-0.25, -0.2) is 4.98 Å². The number of benzene rings is 1. The van der Waals surface area contributed by atoms with E-state index in [2.05, 4.69) is 10.3 Å². The van der Waals surface area contributed by atoms with Crippen LogP contribution in [0, 0.1) is 0 Å². The van der Waals surface area contributed by atoms with Gasteiger partial charge in [-0.05, 0) is 39.7 Å². The largest absolute Gasteiger partial charge is 0.430 e. The molecule has 1 saturated heterocycles. The van der Waals surface area contributed by atoms with Crippen LogP contribution in [0.15, 0.2) is 18.2 Å². The van der Waals surface area contributed by atoms with Gasteiger partial charge in [-0.1, -0.05) is 12.1 Å². The number of likely N-dealkylation sites (tertiary alicyclic amines) is 1. The summed E-state index contributed by atoms with van der Waals surface area (Å²) in [4.78, 5) is 30.5. The minimum Gasteiger partial charge on any atom is -0.389 e. The van der Waals surface area contributed by atoms with Crippen molar-refractivity contribution in [3.8, 4) is 10.4 Å². The van der Waals surface area contributed by atoms with Crippen molar-refractivity contribution in [1.82, 2.24) is 15.2 Å². The zero-order valence-electron chi connectivity index (χ0n) is 21.6. The Balaban J connectivity index is 2.27. The second kappa shape index (κ2) is 10.7. The average Bonchev–Trinajstić information content (AvgIpc) is 3.45. The van der Waals surface area contributed by atoms with Crippen LogP contribution in [0.5, 0.6) is 0 Å². The number of nitrogens with zero attached hydrogens (tertiary/aromatic N) is 2. The number of alkyl halides is 9. The van der Waals surface area contributed by atoms with Crippen LogP contribution in [0.25, 0.3) is 10.4 Å². The number of amides is 2. The summed E-state index contributed by atoms with van der Waals surface area (Å²) >= 11 is 0.255. The topological polar surface area (TPSA) is 103 Å². The molecule has 41 heavy (non-hydrogen) atoms. The molecule has 0 bridgehead atoms. The van der Waals surface area contributed by atoms with Crippen LogP contribution in [0.2, 0.25) is 0 Å². The first-order valence-corrected chi connectivity index (χ1v) is 12.7. The highest BCUT2D eigenvalue weighted by Gasteiger charge is 2.71. The van der Waals surface area contributed by atoms with E-state index in [1.54, 1.807) is 6.92 Å². The van der Waals surface area contributed by atoms with Crippen molar-refractivity contribution in [2.45, 2.75) is 69.4 Å². The van der Waals surface area contributed by atoms with E-state index >= 15 is 0 Å². The molecule has 1 fully saturated rings. The summed E-state index contributed by atoms with van der Waals surface area (Å²) in [6.45, 7) is 4.18. The first-order chi connectivity index (χ1) is 18.5. The van der Waals surface area contributed by atoms with Crippen LogP contribution in [0.4, 0.5) is 39.5 Å². The Hall–Kier alpha value is -2.92. The third-order valence-corrected chi connectivity index (χ3v) is 7.41. The van der Waals surface area contributed by atoms with E-state index in [1.807, 2.05) is 0 Å². The summed E-state index contributed by atoms with van der Waals surface area (Å²) in [7, 11) is 0. The molecule has 0 radical (unpaired) electrons. The number of carbonyl (C=O) groups is 2. The van der Waals surface area contributed by atoms with Crippen molar-refractivity contribution in [2.75, 3.05) is 13.1 Å². The lowest BCUT2D eigenvalue weighted by Gasteiger charge is -2.33. The van der Waals surface area contributed by atoms with Gasteiger partial charge < -0.3 is 20.4 Å². The summed E-state index contributed by atoms with van der Waals surface area (Å²) in [5.74, 6) is -1.90. The lowest BCUT2D eigenvalue weighted by Crippen LogP contribution is -2.54. The molecule has 3 rings (SSSR count). The maximum Gasteiger partial charge on any atom is 0.430 e. The molecule has 2 amide bonds. The minimum atomic E-state index is -6.45. The zero-order chi connectivity index (χ0) is 31.3. The fourth-order valence-electron chi connectivity index (χ4n) is 4.18. The van der Waals surface area contributed by atoms with Gasteiger partial charge in [0, 0.05) is 30.3 Å². The van der Waals surface area contributed by atoms with Crippen molar-refractivity contribution < 1.29 is 59.3 Å². The Kier molecular flexibility index (Phi) is 8.53. The lowest BCUT2D eigenvalue weighted by molar-refractivity contribution is -0.376. The molecule has 2 aromatic rings. The highest BCUT2D eigenvalue weighted by atomic mass is 32.1. The molecule has 1 atom stereocenters. The molecule has 3 N–H and O–H groups in total. The van der Waals surface area contributed by atoms with Gasteiger partial charge in [-0.3, -0.25) is 9.59 Å². The highest BCUT2D eigenvalue weighted by molar-refractivity contribution is 7.17. The number of halogens is 9. The van der Waals surface area contributed by atoms with Gasteiger partial charge in [-0.15, -0.1) is 11.3 Å². The van der Waals surface area contributed by atoms with E-state index in [0.29, 0.717) is 12.8 Å². The number of carbonyl (C=O) groups excluding carboxylic acids is 2. The van der Waals surface area contributed by atoms with Gasteiger partial charge in [0.2, 0.25) is 0 Å². The van der Waals surface area contributed by atoms with Crippen molar-refractivity contribution in [3.05, 3.63) is 40.0 Å². The van der Waals surface area contributed by atoms with Crippen LogP contribution in [-0.4, -0.2) is 69.0 Å². The minimum absolute atomic E-state index is 0.0199. The lowest BCUT2D eigenvalue weighted by atomic mass is 9.88. The SMILES string of the molecule is CC1CCCN1C(=O)c1nc(C(=O)NCC(C)(C)O)sc1-c1ccc(C(O)(C(F)(F)F)C(F)(F)F)cc1C(F)(F)F. The molecule has 0 spiro atoms. The van der Waals surface area contributed by atoms with Crippen molar-refractivity contribution in [2.24, 2.45) is 0 Å². The Morgan fingerprint density at radius 2 is 1.63 bits per heavy atom. The Morgan fingerprint density at radius 1 is 1.05 bits per heavy atom. The zero-order valence-corrected chi connectivity index (χ0v) is 22.4. The van der Waals surface area contributed by atoms with Crippen molar-refractivity contribution >= 4 is 23.2 Å². The van der Waals surface area contributed by atoms with Crippen molar-refractivity contribution in [3.63, 3.8) is 0 Å². The highest BCUT2D eigenvalue weighted by Crippen LogP contribution is 2.52. The number of aromatic nitrogens is 1. The van der Waals surface area contributed by atoms with E-state index in [4.69, 9.17) is 0 Å². The molecule has 7 nitrogen and oxygen atoms in total. The van der Waals surface area contributed by atoms with Gasteiger partial charge in [-0.2, -0.15) is 39.5 Å².